The van der Waals surface area contributed by atoms with Crippen molar-refractivity contribution < 1.29 is 4.79 Å². The van der Waals surface area contributed by atoms with Crippen molar-refractivity contribution in [1.82, 2.24) is 0 Å². The molecule has 0 N–H and O–H groups in total. The molecule has 0 saturated heterocycles. The van der Waals surface area contributed by atoms with Gasteiger partial charge in [0.25, 0.3) is 0 Å². The smallest absolute Gasteiger partial charge is 0.106 e. The minimum atomic E-state index is -0.830. The second kappa shape index (κ2) is 7.58. The van der Waals surface area contributed by atoms with E-state index in [0.29, 0.717) is 0 Å². The summed E-state index contributed by atoms with van der Waals surface area (Å²) >= 11 is 0. The van der Waals surface area contributed by atoms with Gasteiger partial charge in [-0.05, 0) is 11.1 Å². The summed E-state index contributed by atoms with van der Waals surface area (Å²) in [5.74, 6) is 1.06. The zero-order valence-corrected chi connectivity index (χ0v) is 11.5. The third-order valence-electron chi connectivity index (χ3n) is 2.15. The van der Waals surface area contributed by atoms with Crippen molar-refractivity contribution in [1.29, 1.82) is 0 Å². The van der Waals surface area contributed by atoms with E-state index >= 15 is 0 Å². The Morgan fingerprint density at radius 2 is 1.06 bits per heavy atom. The summed E-state index contributed by atoms with van der Waals surface area (Å²) in [5, 5.41) is 0. The number of benzene rings is 2. The van der Waals surface area contributed by atoms with Gasteiger partial charge in [-0.25, -0.2) is 0 Å². The van der Waals surface area contributed by atoms with Gasteiger partial charge in [-0.2, -0.15) is 0 Å². The Morgan fingerprint density at radius 1 is 0.765 bits per heavy atom. The molecule has 0 saturated carbocycles. The van der Waals surface area contributed by atoms with Crippen LogP contribution < -0.4 is 0 Å². The number of carbonyl (C=O) groups is 1. The second-order valence-electron chi connectivity index (χ2n) is 4.11. The summed E-state index contributed by atoms with van der Waals surface area (Å²) in [5.41, 5.74) is 2.55. The lowest BCUT2D eigenvalue weighted by Crippen LogP contribution is -1.98. The van der Waals surface area contributed by atoms with Gasteiger partial charge in [0.05, 0.1) is 5.91 Å². The molecule has 2 aromatic rings. The lowest BCUT2D eigenvalue weighted by molar-refractivity contribution is 0.568. The van der Waals surface area contributed by atoms with Crippen LogP contribution in [0.2, 0.25) is 13.1 Å². The number of carbonyl (C=O) groups excluding carboxylic acids is 1. The van der Waals surface area contributed by atoms with Crippen molar-refractivity contribution in [3.63, 3.8) is 0 Å². The Morgan fingerprint density at radius 3 is 1.29 bits per heavy atom. The van der Waals surface area contributed by atoms with Gasteiger partial charge in [0.2, 0.25) is 0 Å². The molecular formula is C15H18OSi. The van der Waals surface area contributed by atoms with Crippen LogP contribution >= 0.6 is 0 Å². The van der Waals surface area contributed by atoms with Gasteiger partial charge >= 0.3 is 0 Å². The number of hydrogen-bond donors (Lipinski definition) is 0. The highest BCUT2D eigenvalue weighted by atomic mass is 28.3. The monoisotopic (exact) mass is 242 g/mol. The van der Waals surface area contributed by atoms with Crippen molar-refractivity contribution in [2.75, 3.05) is 0 Å². The summed E-state index contributed by atoms with van der Waals surface area (Å²) in [6.45, 7) is 3.99. The first-order chi connectivity index (χ1) is 8.24. The fraction of sp³-hybridized carbons (Fsp3) is 0.133. The standard InChI is InChI=1S/C12H10.C3H8OSi/c1-3-7-11(8-4-1)12-9-5-2-6-10-12;1-5(2)3-4/h1-10H;3,5H,1-2H3. The highest BCUT2D eigenvalue weighted by Gasteiger charge is 1.91. The fourth-order valence-electron chi connectivity index (χ4n) is 1.26. The van der Waals surface area contributed by atoms with Crippen molar-refractivity contribution in [3.8, 4) is 11.1 Å². The molecule has 0 radical (unpaired) electrons. The van der Waals surface area contributed by atoms with Crippen LogP contribution in [-0.4, -0.2) is 14.7 Å². The van der Waals surface area contributed by atoms with E-state index in [-0.39, 0.29) is 0 Å². The van der Waals surface area contributed by atoms with Crippen LogP contribution in [0.15, 0.2) is 60.7 Å². The SMILES string of the molecule is C[SiH](C)C=O.c1ccc(-c2ccccc2)cc1. The van der Waals surface area contributed by atoms with Crippen LogP contribution in [0.3, 0.4) is 0 Å². The molecule has 0 aliphatic rings. The minimum absolute atomic E-state index is 0.830. The summed E-state index contributed by atoms with van der Waals surface area (Å²) in [7, 11) is -0.830. The molecule has 2 rings (SSSR count). The quantitative estimate of drug-likeness (QED) is 0.581. The van der Waals surface area contributed by atoms with Crippen LogP contribution in [0.5, 0.6) is 0 Å². The van der Waals surface area contributed by atoms with Crippen LogP contribution in [0.1, 0.15) is 0 Å². The Balaban J connectivity index is 0.000000249. The van der Waals surface area contributed by atoms with E-state index in [4.69, 9.17) is 0 Å². The maximum atomic E-state index is 9.57. The first-order valence-corrected chi connectivity index (χ1v) is 8.77. The first kappa shape index (κ1) is 13.4. The molecule has 0 fully saturated rings. The van der Waals surface area contributed by atoms with Gasteiger partial charge in [-0.15, -0.1) is 0 Å². The van der Waals surface area contributed by atoms with Gasteiger partial charge in [0.1, 0.15) is 8.80 Å². The lowest BCUT2D eigenvalue weighted by atomic mass is 10.1. The summed E-state index contributed by atoms with van der Waals surface area (Å²) in [4.78, 5) is 9.57. The van der Waals surface area contributed by atoms with Gasteiger partial charge in [0, 0.05) is 0 Å². The molecule has 0 bridgehead atoms. The molecule has 0 atom stereocenters. The van der Waals surface area contributed by atoms with Crippen LogP contribution in [0, 0.1) is 0 Å². The third kappa shape index (κ3) is 5.27. The van der Waals surface area contributed by atoms with Crippen molar-refractivity contribution in [2.24, 2.45) is 0 Å². The predicted molar refractivity (Wildman–Crippen MR) is 77.5 cm³/mol. The molecule has 0 aliphatic carbocycles. The van der Waals surface area contributed by atoms with E-state index in [1.54, 1.807) is 0 Å². The minimum Gasteiger partial charge on any atom is -0.309 e. The van der Waals surface area contributed by atoms with Gasteiger partial charge in [-0.3, -0.25) is 0 Å². The largest absolute Gasteiger partial charge is 0.309 e. The van der Waals surface area contributed by atoms with E-state index in [1.807, 2.05) is 25.2 Å². The molecule has 2 heteroatoms. The molecule has 2 aromatic carbocycles. The second-order valence-corrected chi connectivity index (χ2v) is 6.87. The molecular weight excluding hydrogens is 224 g/mol. The zero-order chi connectivity index (χ0) is 12.5. The molecule has 0 amide bonds. The molecule has 0 unspecified atom stereocenters. The number of hydrogen-bond acceptors (Lipinski definition) is 1. The maximum absolute atomic E-state index is 9.57. The molecule has 0 spiro atoms. The molecule has 0 aromatic heterocycles. The van der Waals surface area contributed by atoms with Gasteiger partial charge < -0.3 is 4.79 Å². The summed E-state index contributed by atoms with van der Waals surface area (Å²) in [6, 6.07) is 20.8. The highest BCUT2D eigenvalue weighted by Crippen LogP contribution is 2.17. The molecule has 88 valence electrons. The Labute approximate surface area is 105 Å². The maximum Gasteiger partial charge on any atom is 0.106 e. The Kier molecular flexibility index (Phi) is 5.97. The van der Waals surface area contributed by atoms with Crippen molar-refractivity contribution in [3.05, 3.63) is 60.7 Å². The van der Waals surface area contributed by atoms with E-state index in [1.165, 1.54) is 11.1 Å². The summed E-state index contributed by atoms with van der Waals surface area (Å²) < 4.78 is 0. The molecule has 0 heterocycles. The third-order valence-corrected chi connectivity index (χ3v) is 2.70. The van der Waals surface area contributed by atoms with E-state index in [9.17, 15) is 4.79 Å². The normalized spacial score (nSPS) is 9.35. The fourth-order valence-corrected chi connectivity index (χ4v) is 1.26. The zero-order valence-electron chi connectivity index (χ0n) is 10.3. The van der Waals surface area contributed by atoms with E-state index < -0.39 is 8.80 Å². The van der Waals surface area contributed by atoms with Crippen LogP contribution in [0.25, 0.3) is 11.1 Å². The van der Waals surface area contributed by atoms with Gasteiger partial charge in [-0.1, -0.05) is 73.8 Å². The van der Waals surface area contributed by atoms with Crippen molar-refractivity contribution in [2.45, 2.75) is 13.1 Å². The highest BCUT2D eigenvalue weighted by molar-refractivity contribution is 6.82. The lowest BCUT2D eigenvalue weighted by Gasteiger charge is -1.98. The topological polar surface area (TPSA) is 17.1 Å². The average molecular weight is 242 g/mol. The molecule has 0 aliphatic heterocycles. The van der Waals surface area contributed by atoms with Crippen LogP contribution in [-0.2, 0) is 4.79 Å². The Hall–Kier alpha value is -1.67. The molecule has 17 heavy (non-hydrogen) atoms. The number of rotatable bonds is 2. The van der Waals surface area contributed by atoms with Gasteiger partial charge in [0.15, 0.2) is 0 Å². The average Bonchev–Trinajstić information content (AvgIpc) is 2.41. The Bertz CT molecular complexity index is 386. The summed E-state index contributed by atoms with van der Waals surface area (Å²) in [6.07, 6.45) is 0. The van der Waals surface area contributed by atoms with Crippen molar-refractivity contribution >= 4 is 14.7 Å². The first-order valence-electron chi connectivity index (χ1n) is 5.80. The van der Waals surface area contributed by atoms with E-state index in [2.05, 4.69) is 48.5 Å². The van der Waals surface area contributed by atoms with Crippen LogP contribution in [0.4, 0.5) is 0 Å². The van der Waals surface area contributed by atoms with E-state index in [0.717, 1.165) is 5.91 Å². The predicted octanol–water partition coefficient (Wildman–Crippen LogP) is 3.60. The molecule has 1 nitrogen and oxygen atoms in total.